The first kappa shape index (κ1) is 21.7. The number of guanidine groups is 1. The maximum atomic E-state index is 5.06. The molecule has 0 saturated carbocycles. The summed E-state index contributed by atoms with van der Waals surface area (Å²) in [5.74, 6) is 1.76. The van der Waals surface area contributed by atoms with Crippen LogP contribution in [-0.4, -0.2) is 64.3 Å². The summed E-state index contributed by atoms with van der Waals surface area (Å²) in [5.41, 5.74) is 1.49. The molecule has 2 rings (SSSR count). The maximum absolute atomic E-state index is 5.06. The molecule has 1 aliphatic heterocycles. The standard InChI is InChI=1S/C22H38N4O/c1-23-22(25-14-8-18-27-2)24-13-6-7-15-26-16-11-21(12-17-26)19-20-9-4-3-5-10-20/h3-5,9-10,21H,6-8,11-19H2,1-2H3,(H2,23,24,25). The number of hydrogen-bond acceptors (Lipinski definition) is 3. The van der Waals surface area contributed by atoms with Gasteiger partial charge in [0.1, 0.15) is 0 Å². The van der Waals surface area contributed by atoms with Crippen LogP contribution in [-0.2, 0) is 11.2 Å². The second kappa shape index (κ2) is 13.6. The summed E-state index contributed by atoms with van der Waals surface area (Å²) in [6.07, 6.45) is 7.35. The van der Waals surface area contributed by atoms with E-state index in [1.54, 1.807) is 7.11 Å². The summed E-state index contributed by atoms with van der Waals surface area (Å²) in [7, 11) is 3.56. The average Bonchev–Trinajstić information content (AvgIpc) is 2.71. The van der Waals surface area contributed by atoms with E-state index >= 15 is 0 Å². The lowest BCUT2D eigenvalue weighted by Crippen LogP contribution is -2.39. The first-order valence-corrected chi connectivity index (χ1v) is 10.5. The number of nitrogens with zero attached hydrogens (tertiary/aromatic N) is 2. The Balaban J connectivity index is 1.49. The van der Waals surface area contributed by atoms with Gasteiger partial charge in [0.25, 0.3) is 0 Å². The monoisotopic (exact) mass is 374 g/mol. The van der Waals surface area contributed by atoms with Crippen LogP contribution in [0.5, 0.6) is 0 Å². The van der Waals surface area contributed by atoms with Gasteiger partial charge in [-0.3, -0.25) is 4.99 Å². The minimum Gasteiger partial charge on any atom is -0.385 e. The number of hydrogen-bond donors (Lipinski definition) is 2. The van der Waals surface area contributed by atoms with Gasteiger partial charge in [-0.1, -0.05) is 30.3 Å². The van der Waals surface area contributed by atoms with Gasteiger partial charge in [0, 0.05) is 33.9 Å². The van der Waals surface area contributed by atoms with Gasteiger partial charge in [-0.25, -0.2) is 0 Å². The van der Waals surface area contributed by atoms with Gasteiger partial charge in [-0.2, -0.15) is 0 Å². The Labute approximate surface area is 165 Å². The smallest absolute Gasteiger partial charge is 0.190 e. The van der Waals surface area contributed by atoms with E-state index < -0.39 is 0 Å². The van der Waals surface area contributed by atoms with Crippen molar-refractivity contribution in [1.29, 1.82) is 0 Å². The predicted molar refractivity (Wildman–Crippen MR) is 114 cm³/mol. The molecule has 0 spiro atoms. The van der Waals surface area contributed by atoms with Crippen molar-refractivity contribution in [1.82, 2.24) is 15.5 Å². The number of piperidine rings is 1. The summed E-state index contributed by atoms with van der Waals surface area (Å²) in [6, 6.07) is 10.9. The Kier molecular flexibility index (Phi) is 10.9. The molecule has 1 aromatic rings. The zero-order valence-electron chi connectivity index (χ0n) is 17.3. The molecule has 0 aliphatic carbocycles. The molecule has 1 heterocycles. The van der Waals surface area contributed by atoms with Gasteiger partial charge < -0.3 is 20.3 Å². The zero-order valence-corrected chi connectivity index (χ0v) is 17.3. The predicted octanol–water partition coefficient (Wildman–Crippen LogP) is 2.92. The molecule has 1 saturated heterocycles. The quantitative estimate of drug-likeness (QED) is 0.355. The van der Waals surface area contributed by atoms with Crippen LogP contribution in [0, 0.1) is 5.92 Å². The zero-order chi connectivity index (χ0) is 19.2. The molecule has 0 aromatic heterocycles. The number of methoxy groups -OCH3 is 1. The Morgan fingerprint density at radius 3 is 2.44 bits per heavy atom. The lowest BCUT2D eigenvalue weighted by atomic mass is 9.90. The van der Waals surface area contributed by atoms with E-state index in [0.717, 1.165) is 38.0 Å². The lowest BCUT2D eigenvalue weighted by Gasteiger charge is -2.32. The van der Waals surface area contributed by atoms with Crippen molar-refractivity contribution in [2.45, 2.75) is 38.5 Å². The molecular weight excluding hydrogens is 336 g/mol. The van der Waals surface area contributed by atoms with Crippen molar-refractivity contribution in [3.05, 3.63) is 35.9 Å². The Hall–Kier alpha value is -1.59. The Morgan fingerprint density at radius 2 is 1.78 bits per heavy atom. The summed E-state index contributed by atoms with van der Waals surface area (Å²) < 4.78 is 5.06. The third kappa shape index (κ3) is 9.25. The van der Waals surface area contributed by atoms with E-state index in [-0.39, 0.29) is 0 Å². The average molecular weight is 375 g/mol. The molecule has 0 unspecified atom stereocenters. The van der Waals surface area contributed by atoms with Crippen LogP contribution < -0.4 is 10.6 Å². The van der Waals surface area contributed by atoms with Gasteiger partial charge in [0.05, 0.1) is 0 Å². The normalized spacial score (nSPS) is 16.4. The van der Waals surface area contributed by atoms with Crippen molar-refractivity contribution >= 4 is 5.96 Å². The Morgan fingerprint density at radius 1 is 1.07 bits per heavy atom. The van der Waals surface area contributed by atoms with Gasteiger partial charge in [0.2, 0.25) is 0 Å². The van der Waals surface area contributed by atoms with E-state index in [2.05, 4.69) is 50.9 Å². The van der Waals surface area contributed by atoms with Gasteiger partial charge in [-0.05, 0) is 69.6 Å². The summed E-state index contributed by atoms with van der Waals surface area (Å²) >= 11 is 0. The molecule has 152 valence electrons. The van der Waals surface area contributed by atoms with Crippen LogP contribution in [0.3, 0.4) is 0 Å². The van der Waals surface area contributed by atoms with E-state index in [1.807, 2.05) is 7.05 Å². The van der Waals surface area contributed by atoms with Crippen LogP contribution in [0.25, 0.3) is 0 Å². The van der Waals surface area contributed by atoms with E-state index in [0.29, 0.717) is 0 Å². The number of nitrogens with one attached hydrogen (secondary N) is 2. The van der Waals surface area contributed by atoms with Gasteiger partial charge >= 0.3 is 0 Å². The number of rotatable bonds is 11. The second-order valence-corrected chi connectivity index (χ2v) is 7.45. The highest BCUT2D eigenvalue weighted by Gasteiger charge is 2.18. The highest BCUT2D eigenvalue weighted by atomic mass is 16.5. The SMILES string of the molecule is CN=C(NCCCCN1CCC(Cc2ccccc2)CC1)NCCCOC. The van der Waals surface area contributed by atoms with Crippen LogP contribution in [0.4, 0.5) is 0 Å². The lowest BCUT2D eigenvalue weighted by molar-refractivity contribution is 0.181. The molecular formula is C22H38N4O. The topological polar surface area (TPSA) is 48.9 Å². The molecule has 27 heavy (non-hydrogen) atoms. The number of likely N-dealkylation sites (tertiary alicyclic amines) is 1. The largest absolute Gasteiger partial charge is 0.385 e. The number of aliphatic imine (C=N–C) groups is 1. The van der Waals surface area contributed by atoms with Gasteiger partial charge in [-0.15, -0.1) is 0 Å². The fraction of sp³-hybridized carbons (Fsp3) is 0.682. The first-order valence-electron chi connectivity index (χ1n) is 10.5. The third-order valence-electron chi connectivity index (χ3n) is 5.31. The van der Waals surface area contributed by atoms with Crippen molar-refractivity contribution in [3.63, 3.8) is 0 Å². The van der Waals surface area contributed by atoms with Crippen LogP contribution in [0.1, 0.15) is 37.7 Å². The summed E-state index contributed by atoms with van der Waals surface area (Å²) in [5, 5.41) is 6.72. The maximum Gasteiger partial charge on any atom is 0.190 e. The fourth-order valence-electron chi connectivity index (χ4n) is 3.67. The van der Waals surface area contributed by atoms with Gasteiger partial charge in [0.15, 0.2) is 5.96 Å². The number of benzene rings is 1. The van der Waals surface area contributed by atoms with Crippen LogP contribution >= 0.6 is 0 Å². The highest BCUT2D eigenvalue weighted by Crippen LogP contribution is 2.21. The minimum atomic E-state index is 0.784. The number of unbranched alkanes of at least 4 members (excludes halogenated alkanes) is 1. The molecule has 0 amide bonds. The fourth-order valence-corrected chi connectivity index (χ4v) is 3.67. The molecule has 0 bridgehead atoms. The van der Waals surface area contributed by atoms with Crippen molar-refractivity contribution in [2.75, 3.05) is 53.5 Å². The third-order valence-corrected chi connectivity index (χ3v) is 5.31. The first-order chi connectivity index (χ1) is 13.3. The summed E-state index contributed by atoms with van der Waals surface area (Å²) in [6.45, 7) is 6.40. The molecule has 1 fully saturated rings. The highest BCUT2D eigenvalue weighted by molar-refractivity contribution is 5.79. The van der Waals surface area contributed by atoms with Crippen LogP contribution in [0.15, 0.2) is 35.3 Å². The molecule has 2 N–H and O–H groups in total. The van der Waals surface area contributed by atoms with E-state index in [9.17, 15) is 0 Å². The minimum absolute atomic E-state index is 0.784. The molecule has 1 aliphatic rings. The Bertz CT molecular complexity index is 512. The van der Waals surface area contributed by atoms with Crippen molar-refractivity contribution in [2.24, 2.45) is 10.9 Å². The molecule has 5 heteroatoms. The van der Waals surface area contributed by atoms with Crippen molar-refractivity contribution in [3.8, 4) is 0 Å². The van der Waals surface area contributed by atoms with E-state index in [4.69, 9.17) is 4.74 Å². The molecule has 0 radical (unpaired) electrons. The summed E-state index contributed by atoms with van der Waals surface area (Å²) in [4.78, 5) is 6.90. The second-order valence-electron chi connectivity index (χ2n) is 7.45. The van der Waals surface area contributed by atoms with Crippen molar-refractivity contribution < 1.29 is 4.74 Å². The number of ether oxygens (including phenoxy) is 1. The van der Waals surface area contributed by atoms with E-state index in [1.165, 1.54) is 57.3 Å². The van der Waals surface area contributed by atoms with Crippen LogP contribution in [0.2, 0.25) is 0 Å². The molecule has 5 nitrogen and oxygen atoms in total. The molecule has 0 atom stereocenters. The molecule has 1 aromatic carbocycles.